The van der Waals surface area contributed by atoms with Crippen LogP contribution < -0.4 is 16.0 Å². The molecule has 0 saturated carbocycles. The Morgan fingerprint density at radius 1 is 1.28 bits per heavy atom. The quantitative estimate of drug-likeness (QED) is 0.690. The number of hydrogen-bond acceptors (Lipinski definition) is 6. The molecule has 0 unspecified atom stereocenters. The van der Waals surface area contributed by atoms with Gasteiger partial charge >= 0.3 is 6.03 Å². The third-order valence-corrected chi connectivity index (χ3v) is 4.76. The molecular formula is C16H21N5O3S. The number of thioether (sulfide) groups is 1. The fourth-order valence-corrected chi connectivity index (χ4v) is 3.36. The second-order valence-corrected chi connectivity index (χ2v) is 7.82. The number of rotatable bonds is 4. The Kier molecular flexibility index (Phi) is 6.60. The summed E-state index contributed by atoms with van der Waals surface area (Å²) >= 11 is 0.964. The lowest BCUT2D eigenvalue weighted by Crippen LogP contribution is -2.47. The van der Waals surface area contributed by atoms with Crippen molar-refractivity contribution in [2.24, 2.45) is 11.3 Å². The van der Waals surface area contributed by atoms with E-state index >= 15 is 0 Å². The summed E-state index contributed by atoms with van der Waals surface area (Å²) < 4.78 is 0. The lowest BCUT2D eigenvalue weighted by Gasteiger charge is -2.35. The molecular weight excluding hydrogens is 342 g/mol. The molecule has 0 aromatic carbocycles. The largest absolute Gasteiger partial charge is 0.336 e. The van der Waals surface area contributed by atoms with Gasteiger partial charge in [0.05, 0.1) is 28.0 Å². The van der Waals surface area contributed by atoms with Gasteiger partial charge in [0.1, 0.15) is 5.92 Å². The van der Waals surface area contributed by atoms with E-state index in [-0.39, 0.29) is 16.6 Å². The summed E-state index contributed by atoms with van der Waals surface area (Å²) in [5.41, 5.74) is -0.741. The second kappa shape index (κ2) is 8.04. The molecule has 0 radical (unpaired) electrons. The van der Waals surface area contributed by atoms with Gasteiger partial charge in [-0.1, -0.05) is 25.6 Å². The molecule has 0 saturated heterocycles. The number of nitrogens with one attached hydrogen (secondary N) is 3. The number of nitriles is 2. The van der Waals surface area contributed by atoms with Crippen LogP contribution in [0, 0.1) is 34.0 Å². The van der Waals surface area contributed by atoms with Crippen molar-refractivity contribution in [2.75, 3.05) is 0 Å². The van der Waals surface area contributed by atoms with Crippen molar-refractivity contribution in [2.45, 2.75) is 45.9 Å². The van der Waals surface area contributed by atoms with Gasteiger partial charge in [-0.25, -0.2) is 4.79 Å². The molecule has 25 heavy (non-hydrogen) atoms. The Hall–Kier alpha value is -2.52. The Balaban J connectivity index is 2.96. The van der Waals surface area contributed by atoms with Crippen molar-refractivity contribution in [3.05, 3.63) is 10.6 Å². The van der Waals surface area contributed by atoms with E-state index in [0.717, 1.165) is 11.8 Å². The van der Waals surface area contributed by atoms with Crippen LogP contribution in [0.4, 0.5) is 4.79 Å². The molecule has 8 nitrogen and oxygen atoms in total. The number of nitrogens with zero attached hydrogens (tertiary/aromatic N) is 2. The standard InChI is InChI=1S/C16H21N5O3S/c1-8(2)19-15(24)21-12(22)9(3)25-14-11(7-18)16(4,5)10(6-17)13(23)20-14/h8-10H,1-5H3,(H,20,23)(H2,19,21,22,24)/t9-,10-/m1/s1. The van der Waals surface area contributed by atoms with Crippen LogP contribution in [0.1, 0.15) is 34.6 Å². The fourth-order valence-electron chi connectivity index (χ4n) is 2.26. The van der Waals surface area contributed by atoms with Gasteiger partial charge in [-0.15, -0.1) is 0 Å². The van der Waals surface area contributed by atoms with Gasteiger partial charge < -0.3 is 10.6 Å². The summed E-state index contributed by atoms with van der Waals surface area (Å²) in [5, 5.41) is 25.4. The van der Waals surface area contributed by atoms with Gasteiger partial charge in [0, 0.05) is 11.5 Å². The van der Waals surface area contributed by atoms with Crippen molar-refractivity contribution in [1.82, 2.24) is 16.0 Å². The van der Waals surface area contributed by atoms with Crippen LogP contribution >= 0.6 is 11.8 Å². The minimum Gasteiger partial charge on any atom is -0.336 e. The third kappa shape index (κ3) is 4.74. The van der Waals surface area contributed by atoms with Gasteiger partial charge in [-0.3, -0.25) is 14.9 Å². The highest BCUT2D eigenvalue weighted by molar-refractivity contribution is 8.04. The normalized spacial score (nSPS) is 20.2. The Labute approximate surface area is 151 Å². The summed E-state index contributed by atoms with van der Waals surface area (Å²) in [6.07, 6.45) is 0. The number of amides is 4. The zero-order chi connectivity index (χ0) is 19.4. The molecule has 0 aromatic rings. The summed E-state index contributed by atoms with van der Waals surface area (Å²) in [4.78, 5) is 35.8. The van der Waals surface area contributed by atoms with Gasteiger partial charge in [0.15, 0.2) is 0 Å². The van der Waals surface area contributed by atoms with Crippen molar-refractivity contribution in [3.8, 4) is 12.1 Å². The van der Waals surface area contributed by atoms with Crippen LogP contribution in [-0.4, -0.2) is 29.1 Å². The maximum atomic E-state index is 12.1. The lowest BCUT2D eigenvalue weighted by molar-refractivity contribution is -0.125. The summed E-state index contributed by atoms with van der Waals surface area (Å²) in [5.74, 6) is -2.06. The molecule has 2 atom stereocenters. The Morgan fingerprint density at radius 2 is 1.88 bits per heavy atom. The van der Waals surface area contributed by atoms with Crippen molar-refractivity contribution in [3.63, 3.8) is 0 Å². The molecule has 0 fully saturated rings. The topological polar surface area (TPSA) is 135 Å². The summed E-state index contributed by atoms with van der Waals surface area (Å²) in [6, 6.07) is 3.20. The van der Waals surface area contributed by atoms with Crippen LogP contribution in [-0.2, 0) is 9.59 Å². The monoisotopic (exact) mass is 363 g/mol. The number of allylic oxidation sites excluding steroid dienone is 1. The molecule has 4 amide bonds. The average Bonchev–Trinajstić information content (AvgIpc) is 2.45. The first kappa shape index (κ1) is 20.5. The van der Waals surface area contributed by atoms with Gasteiger partial charge in [0.25, 0.3) is 0 Å². The molecule has 1 aliphatic heterocycles. The summed E-state index contributed by atoms with van der Waals surface area (Å²) in [7, 11) is 0. The van der Waals surface area contributed by atoms with Crippen LogP contribution in [0.25, 0.3) is 0 Å². The molecule has 1 rings (SSSR count). The zero-order valence-corrected chi connectivity index (χ0v) is 15.6. The van der Waals surface area contributed by atoms with E-state index in [1.54, 1.807) is 34.6 Å². The highest BCUT2D eigenvalue weighted by Gasteiger charge is 2.45. The highest BCUT2D eigenvalue weighted by atomic mass is 32.2. The van der Waals surface area contributed by atoms with E-state index in [1.807, 2.05) is 12.1 Å². The van der Waals surface area contributed by atoms with Gasteiger partial charge in [-0.05, 0) is 20.8 Å². The molecule has 0 aromatic heterocycles. The van der Waals surface area contributed by atoms with E-state index < -0.39 is 34.4 Å². The van der Waals surface area contributed by atoms with E-state index in [4.69, 9.17) is 0 Å². The van der Waals surface area contributed by atoms with Gasteiger partial charge in [-0.2, -0.15) is 10.5 Å². The Morgan fingerprint density at radius 3 is 2.36 bits per heavy atom. The molecule has 9 heteroatoms. The van der Waals surface area contributed by atoms with Crippen LogP contribution in [0.3, 0.4) is 0 Å². The maximum absolute atomic E-state index is 12.1. The molecule has 1 aliphatic rings. The molecule has 0 bridgehead atoms. The third-order valence-electron chi connectivity index (χ3n) is 3.65. The number of carbonyl (C=O) groups is 3. The first-order chi connectivity index (χ1) is 11.5. The predicted octanol–water partition coefficient (Wildman–Crippen LogP) is 1.37. The fraction of sp³-hybridized carbons (Fsp3) is 0.562. The first-order valence-corrected chi connectivity index (χ1v) is 8.55. The number of carbonyl (C=O) groups excluding carboxylic acids is 3. The first-order valence-electron chi connectivity index (χ1n) is 7.67. The minimum absolute atomic E-state index is 0.120. The van der Waals surface area contributed by atoms with Gasteiger partial charge in [0.2, 0.25) is 11.8 Å². The molecule has 1 heterocycles. The SMILES string of the molecule is CC(C)NC(=O)NC(=O)[C@@H](C)SC1=C(C#N)C(C)(C)[C@H](C#N)C(=O)N1. The average molecular weight is 363 g/mol. The van der Waals surface area contributed by atoms with Crippen molar-refractivity contribution >= 4 is 29.6 Å². The maximum Gasteiger partial charge on any atom is 0.321 e. The number of imide groups is 1. The number of hydrogen-bond donors (Lipinski definition) is 3. The van der Waals surface area contributed by atoms with E-state index in [2.05, 4.69) is 16.0 Å². The predicted molar refractivity (Wildman–Crippen MR) is 92.5 cm³/mol. The van der Waals surface area contributed by atoms with Crippen molar-refractivity contribution in [1.29, 1.82) is 10.5 Å². The summed E-state index contributed by atoms with van der Waals surface area (Å²) in [6.45, 7) is 8.36. The van der Waals surface area contributed by atoms with Crippen LogP contribution in [0.2, 0.25) is 0 Å². The molecule has 3 N–H and O–H groups in total. The number of urea groups is 1. The molecule has 0 aliphatic carbocycles. The molecule has 0 spiro atoms. The zero-order valence-electron chi connectivity index (χ0n) is 14.8. The smallest absolute Gasteiger partial charge is 0.321 e. The minimum atomic E-state index is -0.993. The lowest BCUT2D eigenvalue weighted by atomic mass is 9.72. The van der Waals surface area contributed by atoms with E-state index in [9.17, 15) is 24.9 Å². The van der Waals surface area contributed by atoms with Crippen molar-refractivity contribution < 1.29 is 14.4 Å². The van der Waals surface area contributed by atoms with Crippen LogP contribution in [0.15, 0.2) is 10.6 Å². The highest BCUT2D eigenvalue weighted by Crippen LogP contribution is 2.42. The van der Waals surface area contributed by atoms with E-state index in [0.29, 0.717) is 0 Å². The Bertz CT molecular complexity index is 700. The second-order valence-electron chi connectivity index (χ2n) is 6.47. The van der Waals surface area contributed by atoms with E-state index in [1.165, 1.54) is 0 Å². The van der Waals surface area contributed by atoms with Crippen LogP contribution in [0.5, 0.6) is 0 Å². The molecule has 134 valence electrons.